The van der Waals surface area contributed by atoms with E-state index in [9.17, 15) is 23.6 Å². The molecule has 2 fully saturated rings. The predicted molar refractivity (Wildman–Crippen MR) is 127 cm³/mol. The topological polar surface area (TPSA) is 108 Å². The minimum Gasteiger partial charge on any atom is -0.495 e. The van der Waals surface area contributed by atoms with Gasteiger partial charge in [0.15, 0.2) is 0 Å². The van der Waals surface area contributed by atoms with Crippen LogP contribution in [-0.4, -0.2) is 59.8 Å². The molecule has 0 unspecified atom stereocenters. The number of halogens is 1. The van der Waals surface area contributed by atoms with Gasteiger partial charge in [0, 0.05) is 18.3 Å². The van der Waals surface area contributed by atoms with E-state index in [1.54, 1.807) is 19.2 Å². The lowest BCUT2D eigenvalue weighted by Crippen LogP contribution is -2.49. The van der Waals surface area contributed by atoms with E-state index < -0.39 is 35.7 Å². The summed E-state index contributed by atoms with van der Waals surface area (Å²) in [6, 6.07) is 9.35. The minimum absolute atomic E-state index is 0.119. The van der Waals surface area contributed by atoms with E-state index in [0.29, 0.717) is 24.3 Å². The molecular weight excluding hydrogens is 455 g/mol. The summed E-state index contributed by atoms with van der Waals surface area (Å²) in [6.45, 7) is -0.416. The third kappa shape index (κ3) is 4.68. The second-order valence-corrected chi connectivity index (χ2v) is 8.75. The SMILES string of the molecule is COc1ccc(NC(=O)CN2C(=O)N(C)C3(CCCCC3)C2=O)cc1NC(=O)c1cccc(F)c1. The van der Waals surface area contributed by atoms with Gasteiger partial charge in [0.2, 0.25) is 5.91 Å². The Kier molecular flexibility index (Phi) is 6.72. The van der Waals surface area contributed by atoms with Crippen LogP contribution < -0.4 is 15.4 Å². The average molecular weight is 483 g/mol. The Bertz CT molecular complexity index is 1180. The van der Waals surface area contributed by atoms with Crippen molar-refractivity contribution in [2.75, 3.05) is 31.3 Å². The van der Waals surface area contributed by atoms with Crippen LogP contribution in [0.2, 0.25) is 0 Å². The molecule has 0 bridgehead atoms. The summed E-state index contributed by atoms with van der Waals surface area (Å²) < 4.78 is 18.7. The largest absolute Gasteiger partial charge is 0.495 e. The number of methoxy groups -OCH3 is 1. The molecule has 184 valence electrons. The first-order valence-electron chi connectivity index (χ1n) is 11.4. The van der Waals surface area contributed by atoms with Gasteiger partial charge in [-0.1, -0.05) is 25.3 Å². The Hall–Kier alpha value is -3.95. The first kappa shape index (κ1) is 24.2. The summed E-state index contributed by atoms with van der Waals surface area (Å²) in [4.78, 5) is 53.6. The van der Waals surface area contributed by atoms with E-state index in [4.69, 9.17) is 4.74 Å². The van der Waals surface area contributed by atoms with Crippen LogP contribution >= 0.6 is 0 Å². The van der Waals surface area contributed by atoms with Crippen molar-refractivity contribution in [3.63, 3.8) is 0 Å². The van der Waals surface area contributed by atoms with Crippen LogP contribution in [0.4, 0.5) is 20.6 Å². The third-order valence-electron chi connectivity index (χ3n) is 6.60. The first-order valence-corrected chi connectivity index (χ1v) is 11.4. The van der Waals surface area contributed by atoms with Crippen LogP contribution in [0.3, 0.4) is 0 Å². The molecule has 1 saturated carbocycles. The number of anilines is 2. The van der Waals surface area contributed by atoms with Crippen molar-refractivity contribution in [2.45, 2.75) is 37.6 Å². The monoisotopic (exact) mass is 482 g/mol. The molecule has 1 saturated heterocycles. The van der Waals surface area contributed by atoms with Gasteiger partial charge in [-0.05, 0) is 49.2 Å². The molecule has 1 heterocycles. The highest BCUT2D eigenvalue weighted by Crippen LogP contribution is 2.39. The van der Waals surface area contributed by atoms with Crippen LogP contribution in [0, 0.1) is 5.82 Å². The smallest absolute Gasteiger partial charge is 0.327 e. The van der Waals surface area contributed by atoms with Crippen LogP contribution in [0.25, 0.3) is 0 Å². The van der Waals surface area contributed by atoms with Crippen molar-refractivity contribution in [2.24, 2.45) is 0 Å². The van der Waals surface area contributed by atoms with Gasteiger partial charge < -0.3 is 20.3 Å². The zero-order chi connectivity index (χ0) is 25.2. The molecule has 0 radical (unpaired) electrons. The van der Waals surface area contributed by atoms with Gasteiger partial charge in [0.1, 0.15) is 23.7 Å². The molecule has 2 aliphatic rings. The lowest BCUT2D eigenvalue weighted by atomic mass is 9.81. The van der Waals surface area contributed by atoms with Crippen LogP contribution in [0.1, 0.15) is 42.5 Å². The Morgan fingerprint density at radius 2 is 1.80 bits per heavy atom. The first-order chi connectivity index (χ1) is 16.7. The summed E-state index contributed by atoms with van der Waals surface area (Å²) in [7, 11) is 3.04. The Morgan fingerprint density at radius 1 is 1.06 bits per heavy atom. The highest BCUT2D eigenvalue weighted by atomic mass is 19.1. The molecule has 10 heteroatoms. The molecular formula is C25H27FN4O5. The van der Waals surface area contributed by atoms with E-state index in [1.807, 2.05) is 0 Å². The average Bonchev–Trinajstić information content (AvgIpc) is 3.01. The maximum absolute atomic E-state index is 13.5. The fourth-order valence-corrected chi connectivity index (χ4v) is 4.72. The molecule has 4 rings (SSSR count). The lowest BCUT2D eigenvalue weighted by Gasteiger charge is -2.35. The maximum Gasteiger partial charge on any atom is 0.327 e. The Balaban J connectivity index is 1.46. The Morgan fingerprint density at radius 3 is 2.49 bits per heavy atom. The molecule has 9 nitrogen and oxygen atoms in total. The molecule has 1 spiro atoms. The summed E-state index contributed by atoms with van der Waals surface area (Å²) in [6.07, 6.45) is 3.93. The van der Waals surface area contributed by atoms with Crippen molar-refractivity contribution in [3.8, 4) is 5.75 Å². The zero-order valence-electron chi connectivity index (χ0n) is 19.6. The second-order valence-electron chi connectivity index (χ2n) is 8.75. The molecule has 0 atom stereocenters. The van der Waals surface area contributed by atoms with E-state index in [-0.39, 0.29) is 17.2 Å². The number of likely N-dealkylation sites (N-methyl/N-ethyl adjacent to an activating group) is 1. The fourth-order valence-electron chi connectivity index (χ4n) is 4.72. The third-order valence-corrected chi connectivity index (χ3v) is 6.60. The standard InChI is InChI=1S/C25H27FN4O5/c1-29-24(34)30(23(33)25(29)11-4-3-5-12-25)15-21(31)27-18-9-10-20(35-2)19(14-18)28-22(32)16-7-6-8-17(26)13-16/h6-10,13-14H,3-5,11-12,15H2,1-2H3,(H,27,31)(H,28,32). The predicted octanol–water partition coefficient (Wildman–Crippen LogP) is 3.62. The van der Waals surface area contributed by atoms with E-state index >= 15 is 0 Å². The Labute approximate surface area is 202 Å². The van der Waals surface area contributed by atoms with Crippen molar-refractivity contribution < 1.29 is 28.3 Å². The number of nitrogens with one attached hydrogen (secondary N) is 2. The molecule has 35 heavy (non-hydrogen) atoms. The number of benzene rings is 2. The zero-order valence-corrected chi connectivity index (χ0v) is 19.6. The maximum atomic E-state index is 13.5. The summed E-state index contributed by atoms with van der Waals surface area (Å²) in [5.41, 5.74) is -0.156. The number of imide groups is 1. The lowest BCUT2D eigenvalue weighted by molar-refractivity contribution is -0.136. The highest BCUT2D eigenvalue weighted by molar-refractivity contribution is 6.10. The normalized spacial score (nSPS) is 17.0. The van der Waals surface area contributed by atoms with Crippen LogP contribution in [-0.2, 0) is 9.59 Å². The van der Waals surface area contributed by atoms with Gasteiger partial charge in [0.25, 0.3) is 11.8 Å². The number of carbonyl (C=O) groups is 4. The number of carbonyl (C=O) groups excluding carboxylic acids is 4. The number of nitrogens with zero attached hydrogens (tertiary/aromatic N) is 2. The number of ether oxygens (including phenoxy) is 1. The van der Waals surface area contributed by atoms with E-state index in [0.717, 1.165) is 30.2 Å². The minimum atomic E-state index is -0.857. The van der Waals surface area contributed by atoms with Gasteiger partial charge >= 0.3 is 6.03 Å². The van der Waals surface area contributed by atoms with Crippen molar-refractivity contribution >= 4 is 35.1 Å². The van der Waals surface area contributed by atoms with Crippen molar-refractivity contribution in [1.29, 1.82) is 0 Å². The number of hydrogen-bond acceptors (Lipinski definition) is 5. The molecule has 2 aromatic carbocycles. The van der Waals surface area contributed by atoms with Crippen molar-refractivity contribution in [1.82, 2.24) is 9.80 Å². The van der Waals surface area contributed by atoms with Gasteiger partial charge in [-0.3, -0.25) is 19.3 Å². The fraction of sp³-hybridized carbons (Fsp3) is 0.360. The molecule has 0 aromatic heterocycles. The van der Waals surface area contributed by atoms with Crippen LogP contribution in [0.15, 0.2) is 42.5 Å². The molecule has 2 aromatic rings. The number of rotatable bonds is 6. The summed E-state index contributed by atoms with van der Waals surface area (Å²) in [5, 5.41) is 5.30. The van der Waals surface area contributed by atoms with Crippen molar-refractivity contribution in [3.05, 3.63) is 53.8 Å². The van der Waals surface area contributed by atoms with Gasteiger partial charge in [-0.15, -0.1) is 0 Å². The second kappa shape index (κ2) is 9.73. The quantitative estimate of drug-likeness (QED) is 0.612. The highest BCUT2D eigenvalue weighted by Gasteiger charge is 2.55. The summed E-state index contributed by atoms with van der Waals surface area (Å²) in [5.74, 6) is -1.66. The molecule has 1 aliphatic carbocycles. The summed E-state index contributed by atoms with van der Waals surface area (Å²) >= 11 is 0. The number of hydrogen-bond donors (Lipinski definition) is 2. The van der Waals surface area contributed by atoms with Gasteiger partial charge in [-0.25, -0.2) is 9.18 Å². The van der Waals surface area contributed by atoms with E-state index in [2.05, 4.69) is 10.6 Å². The number of urea groups is 1. The number of amides is 5. The van der Waals surface area contributed by atoms with E-state index in [1.165, 1.54) is 36.3 Å². The molecule has 5 amide bonds. The van der Waals surface area contributed by atoms with Gasteiger partial charge in [-0.2, -0.15) is 0 Å². The molecule has 2 N–H and O–H groups in total. The van der Waals surface area contributed by atoms with Crippen LogP contribution in [0.5, 0.6) is 5.75 Å². The van der Waals surface area contributed by atoms with Gasteiger partial charge in [0.05, 0.1) is 12.8 Å². The molecule has 1 aliphatic heterocycles.